The fraction of sp³-hybridized carbons (Fsp3) is 0.333. The molecule has 0 N–H and O–H groups in total. The van der Waals surface area contributed by atoms with Gasteiger partial charge in [-0.3, -0.25) is 0 Å². The third-order valence-corrected chi connectivity index (χ3v) is 7.32. The van der Waals surface area contributed by atoms with Gasteiger partial charge in [0.2, 0.25) is 21.7 Å². The lowest BCUT2D eigenvalue weighted by Crippen LogP contribution is -2.30. The van der Waals surface area contributed by atoms with Crippen LogP contribution >= 0.6 is 11.6 Å². The fourth-order valence-corrected chi connectivity index (χ4v) is 5.39. The average Bonchev–Trinajstić information content (AvgIpc) is 3.37. The molecule has 2 heterocycles. The standard InChI is InChI=1S/C21H22ClN3O3S/c1-14(2)15-8-10-18(11-9-15)29(26,27)25-12-4-7-19(25)21-23-20(24-28-21)16-5-3-6-17(22)13-16/h3,5-6,8-11,13-14,19H,4,7,12H2,1-2H3. The zero-order valence-corrected chi connectivity index (χ0v) is 17.8. The van der Waals surface area contributed by atoms with Gasteiger partial charge in [-0.05, 0) is 48.6 Å². The molecular formula is C21H22ClN3O3S. The average molecular weight is 432 g/mol. The summed E-state index contributed by atoms with van der Waals surface area (Å²) in [4.78, 5) is 4.74. The molecule has 2 aromatic carbocycles. The van der Waals surface area contributed by atoms with Crippen molar-refractivity contribution >= 4 is 21.6 Å². The molecule has 0 spiro atoms. The summed E-state index contributed by atoms with van der Waals surface area (Å²) < 4.78 is 33.4. The van der Waals surface area contributed by atoms with E-state index in [-0.39, 0.29) is 4.90 Å². The number of hydrogen-bond donors (Lipinski definition) is 0. The van der Waals surface area contributed by atoms with Gasteiger partial charge in [0.1, 0.15) is 6.04 Å². The Labute approximate surface area is 175 Å². The van der Waals surface area contributed by atoms with Gasteiger partial charge in [-0.2, -0.15) is 9.29 Å². The van der Waals surface area contributed by atoms with Crippen LogP contribution in [-0.4, -0.2) is 29.4 Å². The van der Waals surface area contributed by atoms with Crippen molar-refractivity contribution < 1.29 is 12.9 Å². The van der Waals surface area contributed by atoms with Gasteiger partial charge in [0.15, 0.2) is 0 Å². The van der Waals surface area contributed by atoms with Crippen LogP contribution in [0.1, 0.15) is 50.1 Å². The number of rotatable bonds is 5. The van der Waals surface area contributed by atoms with Crippen molar-refractivity contribution in [2.45, 2.75) is 43.5 Å². The number of halogens is 1. The van der Waals surface area contributed by atoms with Gasteiger partial charge in [-0.1, -0.05) is 54.9 Å². The van der Waals surface area contributed by atoms with Gasteiger partial charge in [0, 0.05) is 17.1 Å². The third-order valence-electron chi connectivity index (χ3n) is 5.17. The lowest BCUT2D eigenvalue weighted by molar-refractivity contribution is 0.290. The van der Waals surface area contributed by atoms with Crippen molar-refractivity contribution in [1.82, 2.24) is 14.4 Å². The predicted molar refractivity (Wildman–Crippen MR) is 111 cm³/mol. The SMILES string of the molecule is CC(C)c1ccc(S(=O)(=O)N2CCCC2c2nc(-c3cccc(Cl)c3)no2)cc1. The van der Waals surface area contributed by atoms with Gasteiger partial charge in [-0.15, -0.1) is 0 Å². The van der Waals surface area contributed by atoms with Crippen LogP contribution in [0, 0.1) is 0 Å². The minimum atomic E-state index is -3.66. The molecule has 0 saturated carbocycles. The summed E-state index contributed by atoms with van der Waals surface area (Å²) >= 11 is 6.04. The molecule has 8 heteroatoms. The Bertz CT molecular complexity index is 1110. The second-order valence-corrected chi connectivity index (χ2v) is 9.79. The molecule has 1 aliphatic rings. The van der Waals surface area contributed by atoms with Crippen molar-refractivity contribution in [3.8, 4) is 11.4 Å². The maximum atomic E-state index is 13.2. The van der Waals surface area contributed by atoms with E-state index in [1.807, 2.05) is 18.2 Å². The maximum Gasteiger partial charge on any atom is 0.245 e. The molecule has 3 aromatic rings. The molecule has 1 unspecified atom stereocenters. The Kier molecular flexibility index (Phi) is 5.46. The lowest BCUT2D eigenvalue weighted by Gasteiger charge is -2.21. The largest absolute Gasteiger partial charge is 0.337 e. The molecule has 4 rings (SSSR count). The Morgan fingerprint density at radius 1 is 1.17 bits per heavy atom. The van der Waals surface area contributed by atoms with E-state index in [4.69, 9.17) is 16.1 Å². The lowest BCUT2D eigenvalue weighted by atomic mass is 10.0. The van der Waals surface area contributed by atoms with Crippen LogP contribution in [0.25, 0.3) is 11.4 Å². The number of hydrogen-bond acceptors (Lipinski definition) is 5. The molecule has 0 radical (unpaired) electrons. The zero-order chi connectivity index (χ0) is 20.6. The molecule has 0 amide bonds. The van der Waals surface area contributed by atoms with Crippen LogP contribution in [0.15, 0.2) is 57.9 Å². The minimum absolute atomic E-state index is 0.281. The summed E-state index contributed by atoms with van der Waals surface area (Å²) in [6, 6.07) is 13.8. The molecule has 1 atom stereocenters. The topological polar surface area (TPSA) is 76.3 Å². The molecule has 1 fully saturated rings. The first-order valence-electron chi connectivity index (χ1n) is 9.57. The summed E-state index contributed by atoms with van der Waals surface area (Å²) in [6.45, 7) is 4.58. The van der Waals surface area contributed by atoms with Crippen LogP contribution in [-0.2, 0) is 10.0 Å². The Hall–Kier alpha value is -2.22. The summed E-state index contributed by atoms with van der Waals surface area (Å²) in [7, 11) is -3.66. The van der Waals surface area contributed by atoms with E-state index in [0.29, 0.717) is 35.6 Å². The molecular weight excluding hydrogens is 410 g/mol. The molecule has 1 aromatic heterocycles. The van der Waals surface area contributed by atoms with Crippen LogP contribution in [0.5, 0.6) is 0 Å². The van der Waals surface area contributed by atoms with Crippen LogP contribution < -0.4 is 0 Å². The van der Waals surface area contributed by atoms with Gasteiger partial charge < -0.3 is 4.52 Å². The van der Waals surface area contributed by atoms with Crippen LogP contribution in [0.3, 0.4) is 0 Å². The molecule has 29 heavy (non-hydrogen) atoms. The minimum Gasteiger partial charge on any atom is -0.337 e. The van der Waals surface area contributed by atoms with Gasteiger partial charge in [0.25, 0.3) is 0 Å². The highest BCUT2D eigenvalue weighted by molar-refractivity contribution is 7.89. The second kappa shape index (κ2) is 7.89. The smallest absolute Gasteiger partial charge is 0.245 e. The van der Waals surface area contributed by atoms with Crippen molar-refractivity contribution in [2.24, 2.45) is 0 Å². The predicted octanol–water partition coefficient (Wildman–Crippen LogP) is 5.04. The van der Waals surface area contributed by atoms with E-state index in [9.17, 15) is 8.42 Å². The highest BCUT2D eigenvalue weighted by atomic mass is 35.5. The second-order valence-electron chi connectivity index (χ2n) is 7.46. The quantitative estimate of drug-likeness (QED) is 0.565. The van der Waals surface area contributed by atoms with E-state index in [0.717, 1.165) is 17.5 Å². The highest BCUT2D eigenvalue weighted by Gasteiger charge is 2.39. The van der Waals surface area contributed by atoms with Crippen LogP contribution in [0.2, 0.25) is 5.02 Å². The van der Waals surface area contributed by atoms with E-state index in [2.05, 4.69) is 24.0 Å². The van der Waals surface area contributed by atoms with Crippen molar-refractivity contribution in [2.75, 3.05) is 6.54 Å². The van der Waals surface area contributed by atoms with E-state index >= 15 is 0 Å². The number of sulfonamides is 1. The molecule has 1 saturated heterocycles. The molecule has 0 aliphatic carbocycles. The Morgan fingerprint density at radius 3 is 2.62 bits per heavy atom. The molecule has 1 aliphatic heterocycles. The first-order chi connectivity index (χ1) is 13.9. The maximum absolute atomic E-state index is 13.2. The molecule has 0 bridgehead atoms. The third kappa shape index (κ3) is 3.95. The number of aromatic nitrogens is 2. The first-order valence-corrected chi connectivity index (χ1v) is 11.4. The van der Waals surface area contributed by atoms with Gasteiger partial charge in [0.05, 0.1) is 4.90 Å². The Morgan fingerprint density at radius 2 is 1.93 bits per heavy atom. The number of nitrogens with zero attached hydrogens (tertiary/aromatic N) is 3. The summed E-state index contributed by atoms with van der Waals surface area (Å²) in [5.74, 6) is 1.04. The van der Waals surface area contributed by atoms with Crippen LogP contribution in [0.4, 0.5) is 0 Å². The molecule has 152 valence electrons. The highest BCUT2D eigenvalue weighted by Crippen LogP contribution is 2.36. The Balaban J connectivity index is 1.62. The first kappa shape index (κ1) is 20.1. The summed E-state index contributed by atoms with van der Waals surface area (Å²) in [6.07, 6.45) is 1.38. The van der Waals surface area contributed by atoms with Crippen molar-refractivity contribution in [3.05, 3.63) is 65.0 Å². The summed E-state index contributed by atoms with van der Waals surface area (Å²) in [5, 5.41) is 4.60. The fourth-order valence-electron chi connectivity index (χ4n) is 3.55. The number of benzene rings is 2. The zero-order valence-electron chi connectivity index (χ0n) is 16.2. The molecule has 6 nitrogen and oxygen atoms in total. The van der Waals surface area contributed by atoms with Gasteiger partial charge in [-0.25, -0.2) is 8.42 Å². The normalized spacial score (nSPS) is 17.9. The monoisotopic (exact) mass is 431 g/mol. The van der Waals surface area contributed by atoms with Crippen molar-refractivity contribution in [3.63, 3.8) is 0 Å². The van der Waals surface area contributed by atoms with E-state index in [1.54, 1.807) is 30.3 Å². The summed E-state index contributed by atoms with van der Waals surface area (Å²) in [5.41, 5.74) is 1.83. The van der Waals surface area contributed by atoms with E-state index < -0.39 is 16.1 Å². The van der Waals surface area contributed by atoms with Gasteiger partial charge >= 0.3 is 0 Å². The van der Waals surface area contributed by atoms with E-state index in [1.165, 1.54) is 4.31 Å². The van der Waals surface area contributed by atoms with Crippen molar-refractivity contribution in [1.29, 1.82) is 0 Å².